The first-order chi connectivity index (χ1) is 11.7. The lowest BCUT2D eigenvalue weighted by Crippen LogP contribution is -2.28. The van der Waals surface area contributed by atoms with Crippen LogP contribution in [-0.2, 0) is 13.0 Å². The summed E-state index contributed by atoms with van der Waals surface area (Å²) in [5.74, 6) is 1.21. The fourth-order valence-corrected chi connectivity index (χ4v) is 2.95. The third kappa shape index (κ3) is 5.66. The number of nitrogens with two attached hydrogens (primary N) is 1. The highest BCUT2D eigenvalue weighted by molar-refractivity contribution is 5.85. The first kappa shape index (κ1) is 22.4. The molecule has 0 aliphatic carbocycles. The van der Waals surface area contributed by atoms with Gasteiger partial charge in [0.05, 0.1) is 0 Å². The predicted octanol–water partition coefficient (Wildman–Crippen LogP) is 4.28. The summed E-state index contributed by atoms with van der Waals surface area (Å²) < 4.78 is 13.0. The van der Waals surface area contributed by atoms with Gasteiger partial charge in [-0.1, -0.05) is 25.1 Å². The van der Waals surface area contributed by atoms with Crippen molar-refractivity contribution in [3.63, 3.8) is 0 Å². The van der Waals surface area contributed by atoms with E-state index in [1.807, 2.05) is 18.3 Å². The largest absolute Gasteiger partial charge is 0.383 e. The predicted molar refractivity (Wildman–Crippen MR) is 109 cm³/mol. The zero-order valence-electron chi connectivity index (χ0n) is 14.8. The molecular weight excluding hydrogens is 374 g/mol. The van der Waals surface area contributed by atoms with Gasteiger partial charge in [0.2, 0.25) is 0 Å². The van der Waals surface area contributed by atoms with Gasteiger partial charge in [0.25, 0.3) is 0 Å². The number of hydrogen-bond donors (Lipinski definition) is 1. The van der Waals surface area contributed by atoms with E-state index in [0.717, 1.165) is 55.8 Å². The van der Waals surface area contributed by atoms with Gasteiger partial charge in [0.15, 0.2) is 0 Å². The monoisotopic (exact) mass is 398 g/mol. The number of nitrogen functional groups attached to an aromatic ring is 1. The molecule has 1 aliphatic heterocycles. The van der Waals surface area contributed by atoms with Crippen molar-refractivity contribution in [2.24, 2.45) is 0 Å². The Morgan fingerprint density at radius 1 is 1.19 bits per heavy atom. The summed E-state index contributed by atoms with van der Waals surface area (Å²) in [5, 5.41) is 0. The number of benzene rings is 1. The van der Waals surface area contributed by atoms with Crippen molar-refractivity contribution in [2.45, 2.75) is 32.7 Å². The van der Waals surface area contributed by atoms with Gasteiger partial charge in [0, 0.05) is 37.8 Å². The molecule has 2 heterocycles. The molecule has 0 saturated carbocycles. The molecule has 142 valence electrons. The molecule has 1 aromatic carbocycles. The van der Waals surface area contributed by atoms with Crippen molar-refractivity contribution in [1.29, 1.82) is 0 Å². The van der Waals surface area contributed by atoms with E-state index in [-0.39, 0.29) is 30.6 Å². The lowest BCUT2D eigenvalue weighted by atomic mass is 9.99. The smallest absolute Gasteiger partial charge is 0.131 e. The molecule has 0 radical (unpaired) electrons. The molecule has 0 spiro atoms. The Morgan fingerprint density at radius 3 is 2.50 bits per heavy atom. The fourth-order valence-electron chi connectivity index (χ4n) is 2.95. The van der Waals surface area contributed by atoms with Crippen LogP contribution >= 0.6 is 24.8 Å². The zero-order valence-corrected chi connectivity index (χ0v) is 16.5. The molecule has 2 aromatic rings. The standard InChI is InChI=1S/C19H23FN4.2ClH/c1-2-3-18-22-12-16(19(21)23-18)13-24-10-8-15(9-11-24)14-4-6-17(20)7-5-14;;/h4-8,12H,2-3,9-11,13H2,1H3,(H2,21,22,23);2*1H. The van der Waals surface area contributed by atoms with Crippen molar-refractivity contribution in [1.82, 2.24) is 14.9 Å². The van der Waals surface area contributed by atoms with Crippen LogP contribution in [-0.4, -0.2) is 28.0 Å². The van der Waals surface area contributed by atoms with E-state index in [2.05, 4.69) is 27.9 Å². The number of nitrogens with zero attached hydrogens (tertiary/aromatic N) is 3. The van der Waals surface area contributed by atoms with Crippen LogP contribution in [0.4, 0.5) is 10.2 Å². The zero-order chi connectivity index (χ0) is 16.9. The maximum Gasteiger partial charge on any atom is 0.131 e. The van der Waals surface area contributed by atoms with Crippen LogP contribution < -0.4 is 5.73 Å². The quantitative estimate of drug-likeness (QED) is 0.815. The van der Waals surface area contributed by atoms with E-state index >= 15 is 0 Å². The molecule has 0 fully saturated rings. The van der Waals surface area contributed by atoms with Gasteiger partial charge in [-0.15, -0.1) is 24.8 Å². The van der Waals surface area contributed by atoms with Crippen molar-refractivity contribution in [3.05, 3.63) is 59.3 Å². The van der Waals surface area contributed by atoms with E-state index in [9.17, 15) is 4.39 Å². The molecule has 3 rings (SSSR count). The second-order valence-corrected chi connectivity index (χ2v) is 6.17. The summed E-state index contributed by atoms with van der Waals surface area (Å²) in [7, 11) is 0. The highest BCUT2D eigenvalue weighted by Crippen LogP contribution is 2.24. The summed E-state index contributed by atoms with van der Waals surface area (Å²) >= 11 is 0. The summed E-state index contributed by atoms with van der Waals surface area (Å²) in [5.41, 5.74) is 9.42. The van der Waals surface area contributed by atoms with E-state index in [0.29, 0.717) is 5.82 Å². The van der Waals surface area contributed by atoms with Gasteiger partial charge in [-0.05, 0) is 36.1 Å². The van der Waals surface area contributed by atoms with Gasteiger partial charge >= 0.3 is 0 Å². The number of anilines is 1. The molecule has 0 unspecified atom stereocenters. The minimum Gasteiger partial charge on any atom is -0.383 e. The van der Waals surface area contributed by atoms with Crippen LogP contribution in [0.3, 0.4) is 0 Å². The lowest BCUT2D eigenvalue weighted by Gasteiger charge is -2.26. The van der Waals surface area contributed by atoms with Gasteiger partial charge < -0.3 is 5.73 Å². The van der Waals surface area contributed by atoms with Crippen molar-refractivity contribution in [3.8, 4) is 0 Å². The molecule has 0 saturated heterocycles. The van der Waals surface area contributed by atoms with E-state index in [4.69, 9.17) is 5.73 Å². The third-order valence-corrected chi connectivity index (χ3v) is 4.32. The maximum absolute atomic E-state index is 13.0. The van der Waals surface area contributed by atoms with Crippen molar-refractivity contribution in [2.75, 3.05) is 18.8 Å². The Bertz CT molecular complexity index is 735. The lowest BCUT2D eigenvalue weighted by molar-refractivity contribution is 0.293. The normalized spacial score (nSPS) is 14.2. The van der Waals surface area contributed by atoms with Gasteiger partial charge in [0.1, 0.15) is 17.5 Å². The first-order valence-corrected chi connectivity index (χ1v) is 8.43. The third-order valence-electron chi connectivity index (χ3n) is 4.32. The number of hydrogen-bond acceptors (Lipinski definition) is 4. The average Bonchev–Trinajstić information content (AvgIpc) is 2.59. The van der Waals surface area contributed by atoms with Crippen LogP contribution in [0.25, 0.3) is 5.57 Å². The Hall–Kier alpha value is -1.69. The summed E-state index contributed by atoms with van der Waals surface area (Å²) in [6.07, 6.45) is 6.88. The summed E-state index contributed by atoms with van der Waals surface area (Å²) in [6, 6.07) is 6.71. The minimum absolute atomic E-state index is 0. The second kappa shape index (κ2) is 10.5. The van der Waals surface area contributed by atoms with Crippen LogP contribution in [0, 0.1) is 5.82 Å². The van der Waals surface area contributed by atoms with E-state index in [1.165, 1.54) is 17.7 Å². The SMILES string of the molecule is CCCc1ncc(CN2CC=C(c3ccc(F)cc3)CC2)c(N)n1.Cl.Cl. The molecule has 7 heteroatoms. The van der Waals surface area contributed by atoms with E-state index < -0.39 is 0 Å². The highest BCUT2D eigenvalue weighted by Gasteiger charge is 2.15. The van der Waals surface area contributed by atoms with Gasteiger partial charge in [-0.25, -0.2) is 14.4 Å². The molecule has 26 heavy (non-hydrogen) atoms. The summed E-state index contributed by atoms with van der Waals surface area (Å²) in [6.45, 7) is 4.65. The highest BCUT2D eigenvalue weighted by atomic mass is 35.5. The minimum atomic E-state index is -0.196. The second-order valence-electron chi connectivity index (χ2n) is 6.17. The Labute approximate surface area is 166 Å². The molecule has 0 bridgehead atoms. The Morgan fingerprint density at radius 2 is 1.92 bits per heavy atom. The van der Waals surface area contributed by atoms with Gasteiger partial charge in [-0.2, -0.15) is 0 Å². The molecular formula is C19H25Cl2FN4. The Kier molecular flexibility index (Phi) is 8.99. The van der Waals surface area contributed by atoms with Crippen LogP contribution in [0.15, 0.2) is 36.5 Å². The van der Waals surface area contributed by atoms with Gasteiger partial charge in [-0.3, -0.25) is 4.90 Å². The molecule has 0 amide bonds. The number of halogens is 3. The summed E-state index contributed by atoms with van der Waals surface area (Å²) in [4.78, 5) is 11.1. The number of aryl methyl sites for hydroxylation is 1. The number of aromatic nitrogens is 2. The van der Waals surface area contributed by atoms with Crippen LogP contribution in [0.1, 0.15) is 36.7 Å². The first-order valence-electron chi connectivity index (χ1n) is 8.43. The maximum atomic E-state index is 13.0. The van der Waals surface area contributed by atoms with Crippen molar-refractivity contribution < 1.29 is 4.39 Å². The van der Waals surface area contributed by atoms with Crippen LogP contribution in [0.5, 0.6) is 0 Å². The molecule has 2 N–H and O–H groups in total. The topological polar surface area (TPSA) is 55.0 Å². The molecule has 0 atom stereocenters. The fraction of sp³-hybridized carbons (Fsp3) is 0.368. The molecule has 4 nitrogen and oxygen atoms in total. The Balaban J connectivity index is 0.00000169. The van der Waals surface area contributed by atoms with Crippen molar-refractivity contribution >= 4 is 36.2 Å². The average molecular weight is 399 g/mol. The van der Waals surface area contributed by atoms with Crippen LogP contribution in [0.2, 0.25) is 0 Å². The molecule has 1 aliphatic rings. The van der Waals surface area contributed by atoms with E-state index in [1.54, 1.807) is 0 Å². The molecule has 1 aromatic heterocycles. The number of rotatable bonds is 5.